The van der Waals surface area contributed by atoms with Crippen LogP contribution in [0.15, 0.2) is 58.5 Å². The van der Waals surface area contributed by atoms with Crippen molar-refractivity contribution in [2.24, 2.45) is 9.98 Å². The van der Waals surface area contributed by atoms with Crippen molar-refractivity contribution in [3.63, 3.8) is 0 Å². The molecule has 0 atom stereocenters. The molecule has 0 aliphatic carbocycles. The summed E-state index contributed by atoms with van der Waals surface area (Å²) in [6.07, 6.45) is 1.98. The zero-order chi connectivity index (χ0) is 13.9. The Morgan fingerprint density at radius 3 is 2.65 bits per heavy atom. The maximum Gasteiger partial charge on any atom is 0.124 e. The van der Waals surface area contributed by atoms with Crippen LogP contribution in [0, 0.1) is 5.82 Å². The third-order valence-corrected chi connectivity index (χ3v) is 3.81. The molecule has 2 nitrogen and oxygen atoms in total. The predicted octanol–water partition coefficient (Wildman–Crippen LogP) is 4.07. The lowest BCUT2D eigenvalue weighted by Crippen LogP contribution is -2.05. The fourth-order valence-corrected chi connectivity index (χ4v) is 2.53. The summed E-state index contributed by atoms with van der Waals surface area (Å²) in [5.74, 6) is -0.268. The molecule has 0 unspecified atom stereocenters. The van der Waals surface area contributed by atoms with E-state index >= 15 is 0 Å². The summed E-state index contributed by atoms with van der Waals surface area (Å²) in [5, 5.41) is 0.934. The second-order valence-electron chi connectivity index (χ2n) is 4.40. The van der Waals surface area contributed by atoms with E-state index in [9.17, 15) is 4.39 Å². The van der Waals surface area contributed by atoms with E-state index in [0.29, 0.717) is 6.54 Å². The number of nitrogens with zero attached hydrogens (tertiary/aromatic N) is 2. The maximum atomic E-state index is 13.6. The third-order valence-electron chi connectivity index (χ3n) is 3.11. The molecular weight excluding hydrogens is 271 g/mol. The highest BCUT2D eigenvalue weighted by Crippen LogP contribution is 2.27. The molecule has 1 aliphatic heterocycles. The van der Waals surface area contributed by atoms with Gasteiger partial charge in [-0.05, 0) is 24.5 Å². The summed E-state index contributed by atoms with van der Waals surface area (Å²) in [6.45, 7) is 0.529. The fraction of sp³-hybridized carbons (Fsp3) is 0.125. The van der Waals surface area contributed by atoms with Gasteiger partial charge in [0.25, 0.3) is 0 Å². The summed E-state index contributed by atoms with van der Waals surface area (Å²) >= 11 is 1.57. The van der Waals surface area contributed by atoms with Gasteiger partial charge in [0.15, 0.2) is 0 Å². The minimum absolute atomic E-state index is 0.268. The Kier molecular flexibility index (Phi) is 3.65. The van der Waals surface area contributed by atoms with Gasteiger partial charge in [0, 0.05) is 11.1 Å². The first-order valence-corrected chi connectivity index (χ1v) is 7.52. The molecule has 3 rings (SSSR count). The average Bonchev–Trinajstić information content (AvgIpc) is 2.67. The fourth-order valence-electron chi connectivity index (χ4n) is 2.15. The molecule has 0 N–H and O–H groups in total. The van der Waals surface area contributed by atoms with Crippen molar-refractivity contribution in [3.8, 4) is 0 Å². The molecule has 0 fully saturated rings. The minimum Gasteiger partial charge on any atom is -0.277 e. The maximum absolute atomic E-state index is 13.6. The molecule has 100 valence electrons. The number of benzene rings is 2. The van der Waals surface area contributed by atoms with Crippen LogP contribution in [0.4, 0.5) is 10.1 Å². The number of hydrogen-bond acceptors (Lipinski definition) is 3. The molecule has 1 aliphatic rings. The van der Waals surface area contributed by atoms with Crippen LogP contribution in [-0.4, -0.2) is 23.6 Å². The highest BCUT2D eigenvalue weighted by Gasteiger charge is 2.16. The van der Waals surface area contributed by atoms with Crippen LogP contribution in [0.5, 0.6) is 0 Å². The normalized spacial score (nSPS) is 14.1. The monoisotopic (exact) mass is 284 g/mol. The van der Waals surface area contributed by atoms with Crippen LogP contribution in [0.25, 0.3) is 0 Å². The number of halogens is 1. The van der Waals surface area contributed by atoms with Gasteiger partial charge in [0.2, 0.25) is 0 Å². The van der Waals surface area contributed by atoms with E-state index < -0.39 is 0 Å². The molecule has 20 heavy (non-hydrogen) atoms. The molecule has 2 aromatic carbocycles. The lowest BCUT2D eigenvalue weighted by molar-refractivity contribution is 0.627. The Morgan fingerprint density at radius 1 is 1.10 bits per heavy atom. The van der Waals surface area contributed by atoms with E-state index in [-0.39, 0.29) is 5.82 Å². The van der Waals surface area contributed by atoms with E-state index in [1.807, 2.05) is 36.6 Å². The van der Waals surface area contributed by atoms with Crippen molar-refractivity contribution >= 4 is 28.2 Å². The topological polar surface area (TPSA) is 24.7 Å². The van der Waals surface area contributed by atoms with Crippen LogP contribution in [0.2, 0.25) is 0 Å². The van der Waals surface area contributed by atoms with Gasteiger partial charge in [-0.1, -0.05) is 30.3 Å². The van der Waals surface area contributed by atoms with Gasteiger partial charge in [-0.25, -0.2) is 9.38 Å². The van der Waals surface area contributed by atoms with Crippen molar-refractivity contribution in [3.05, 3.63) is 65.5 Å². The summed E-state index contributed by atoms with van der Waals surface area (Å²) in [4.78, 5) is 9.20. The Balaban J connectivity index is 2.19. The lowest BCUT2D eigenvalue weighted by Gasteiger charge is -2.08. The van der Waals surface area contributed by atoms with E-state index in [4.69, 9.17) is 0 Å². The molecule has 0 amide bonds. The molecule has 0 saturated heterocycles. The third kappa shape index (κ3) is 2.51. The molecule has 1 heterocycles. The number of aliphatic imine (C=N–C) groups is 2. The Labute approximate surface area is 121 Å². The van der Waals surface area contributed by atoms with Gasteiger partial charge >= 0.3 is 0 Å². The largest absolute Gasteiger partial charge is 0.277 e. The van der Waals surface area contributed by atoms with Crippen molar-refractivity contribution in [1.29, 1.82) is 0 Å². The van der Waals surface area contributed by atoms with Crippen LogP contribution < -0.4 is 0 Å². The standard InChI is InChI=1S/C16H13FN2S/c1-20-15-10-18-16(11-5-3-2-4-6-11)13-9-12(17)7-8-14(13)19-15/h2-9H,10H2,1H3. The average molecular weight is 284 g/mol. The highest BCUT2D eigenvalue weighted by molar-refractivity contribution is 8.13. The van der Waals surface area contributed by atoms with Crippen LogP contribution >= 0.6 is 11.8 Å². The molecule has 0 bridgehead atoms. The summed E-state index contributed by atoms with van der Waals surface area (Å²) in [5.41, 5.74) is 3.31. The van der Waals surface area contributed by atoms with E-state index in [2.05, 4.69) is 9.98 Å². The zero-order valence-electron chi connectivity index (χ0n) is 11.0. The second kappa shape index (κ2) is 5.59. The van der Waals surface area contributed by atoms with Crippen LogP contribution in [0.1, 0.15) is 11.1 Å². The Morgan fingerprint density at radius 2 is 1.90 bits per heavy atom. The summed E-state index contributed by atoms with van der Waals surface area (Å²) < 4.78 is 13.6. The smallest absolute Gasteiger partial charge is 0.124 e. The van der Waals surface area contributed by atoms with Gasteiger partial charge < -0.3 is 0 Å². The molecule has 0 aromatic heterocycles. The second-order valence-corrected chi connectivity index (χ2v) is 5.28. The molecule has 0 radical (unpaired) electrons. The first-order chi connectivity index (χ1) is 9.78. The van der Waals surface area contributed by atoms with Crippen molar-refractivity contribution in [1.82, 2.24) is 0 Å². The highest BCUT2D eigenvalue weighted by atomic mass is 32.2. The van der Waals surface area contributed by atoms with Crippen LogP contribution in [-0.2, 0) is 0 Å². The molecular formula is C16H13FN2S. The predicted molar refractivity (Wildman–Crippen MR) is 84.0 cm³/mol. The van der Waals surface area contributed by atoms with Crippen molar-refractivity contribution in [2.75, 3.05) is 12.8 Å². The van der Waals surface area contributed by atoms with Gasteiger partial charge in [-0.3, -0.25) is 4.99 Å². The van der Waals surface area contributed by atoms with Gasteiger partial charge in [-0.2, -0.15) is 0 Å². The van der Waals surface area contributed by atoms with E-state index in [0.717, 1.165) is 27.6 Å². The quantitative estimate of drug-likeness (QED) is 0.774. The first kappa shape index (κ1) is 13.1. The van der Waals surface area contributed by atoms with Gasteiger partial charge in [-0.15, -0.1) is 11.8 Å². The van der Waals surface area contributed by atoms with Crippen molar-refractivity contribution < 1.29 is 4.39 Å². The minimum atomic E-state index is -0.268. The molecule has 2 aromatic rings. The lowest BCUT2D eigenvalue weighted by atomic mass is 10.0. The number of thioether (sulfide) groups is 1. The van der Waals surface area contributed by atoms with Crippen molar-refractivity contribution in [2.45, 2.75) is 0 Å². The van der Waals surface area contributed by atoms with Gasteiger partial charge in [0.05, 0.1) is 23.0 Å². The summed E-state index contributed by atoms with van der Waals surface area (Å²) in [7, 11) is 0. The zero-order valence-corrected chi connectivity index (χ0v) is 11.8. The SMILES string of the molecule is CSC1=Nc2ccc(F)cc2C(c2ccccc2)=NC1. The Bertz CT molecular complexity index is 693. The van der Waals surface area contributed by atoms with E-state index in [1.54, 1.807) is 17.8 Å². The molecule has 0 spiro atoms. The molecule has 4 heteroatoms. The molecule has 0 saturated carbocycles. The van der Waals surface area contributed by atoms with Crippen LogP contribution in [0.3, 0.4) is 0 Å². The number of rotatable bonds is 1. The first-order valence-electron chi connectivity index (χ1n) is 6.29. The van der Waals surface area contributed by atoms with Gasteiger partial charge in [0.1, 0.15) is 5.82 Å². The Hall–Kier alpha value is -1.94. The van der Waals surface area contributed by atoms with E-state index in [1.165, 1.54) is 12.1 Å². The number of hydrogen-bond donors (Lipinski definition) is 0. The summed E-state index contributed by atoms with van der Waals surface area (Å²) in [6, 6.07) is 14.5. The number of fused-ring (bicyclic) bond motifs is 1.